The molecular weight excluding hydrogens is 278 g/mol. The van der Waals surface area contributed by atoms with Gasteiger partial charge >= 0.3 is 0 Å². The van der Waals surface area contributed by atoms with Gasteiger partial charge in [0.25, 0.3) is 5.91 Å². The first kappa shape index (κ1) is 14.3. The van der Waals surface area contributed by atoms with Crippen LogP contribution in [0, 0.1) is 0 Å². The van der Waals surface area contributed by atoms with Crippen LogP contribution in [0.3, 0.4) is 0 Å². The van der Waals surface area contributed by atoms with Crippen LogP contribution in [0.4, 0.5) is 0 Å². The number of nitrogens with two attached hydrogens (primary N) is 1. The van der Waals surface area contributed by atoms with Crippen molar-refractivity contribution < 1.29 is 4.79 Å². The quantitative estimate of drug-likeness (QED) is 0.860. The van der Waals surface area contributed by atoms with Crippen LogP contribution in [0.25, 0.3) is 0 Å². The summed E-state index contributed by atoms with van der Waals surface area (Å²) in [6, 6.07) is 3.44. The van der Waals surface area contributed by atoms with Gasteiger partial charge in [-0.05, 0) is 18.6 Å². The molecule has 0 aliphatic carbocycles. The molecule has 1 aliphatic rings. The van der Waals surface area contributed by atoms with Crippen molar-refractivity contribution in [2.24, 2.45) is 5.73 Å². The van der Waals surface area contributed by atoms with Crippen LogP contribution >= 0.6 is 24.0 Å². The number of hydrogen-bond donors (Lipinski definition) is 1. The molecule has 19 heavy (non-hydrogen) atoms. The number of carbonyl (C=O) groups is 1. The Morgan fingerprint density at radius 1 is 1.63 bits per heavy atom. The number of aromatic nitrogens is 1. The summed E-state index contributed by atoms with van der Waals surface area (Å²) >= 11 is 6.80. The molecule has 0 spiro atoms. The molecule has 1 atom stereocenters. The molecule has 1 aromatic rings. The third-order valence-electron chi connectivity index (χ3n) is 3.15. The Bertz CT molecular complexity index is 475. The minimum absolute atomic E-state index is 0.00626. The third kappa shape index (κ3) is 3.45. The van der Waals surface area contributed by atoms with Crippen molar-refractivity contribution in [1.82, 2.24) is 9.88 Å². The van der Waals surface area contributed by atoms with Gasteiger partial charge in [-0.3, -0.25) is 9.78 Å². The molecule has 102 valence electrons. The highest BCUT2D eigenvalue weighted by molar-refractivity contribution is 8.00. The number of nitrogens with zero attached hydrogens (tertiary/aromatic N) is 2. The van der Waals surface area contributed by atoms with E-state index in [-0.39, 0.29) is 5.91 Å². The smallest absolute Gasteiger partial charge is 0.272 e. The number of hydrogen-bond acceptors (Lipinski definition) is 4. The molecule has 0 aromatic carbocycles. The van der Waals surface area contributed by atoms with E-state index in [0.717, 1.165) is 25.3 Å². The standard InChI is InChI=1S/C13H17N3OS2/c1-2-10-8-16(5-6-19-10)13(17)11-4-3-9(7-15-11)12(14)18/h3-4,7,10H,2,5-6,8H2,1H3,(H2,14,18). The second-order valence-corrected chi connectivity index (χ2v) is 6.30. The van der Waals surface area contributed by atoms with Crippen molar-refractivity contribution in [3.05, 3.63) is 29.6 Å². The highest BCUT2D eigenvalue weighted by Crippen LogP contribution is 2.22. The summed E-state index contributed by atoms with van der Waals surface area (Å²) in [6.07, 6.45) is 2.65. The van der Waals surface area contributed by atoms with Crippen molar-refractivity contribution in [2.75, 3.05) is 18.8 Å². The van der Waals surface area contributed by atoms with Gasteiger partial charge < -0.3 is 10.6 Å². The zero-order chi connectivity index (χ0) is 13.8. The van der Waals surface area contributed by atoms with Gasteiger partial charge in [0, 0.05) is 35.9 Å². The van der Waals surface area contributed by atoms with Gasteiger partial charge in [0.05, 0.1) is 0 Å². The lowest BCUT2D eigenvalue weighted by atomic mass is 10.2. The fraction of sp³-hybridized carbons (Fsp3) is 0.462. The van der Waals surface area contributed by atoms with Crippen molar-refractivity contribution in [3.8, 4) is 0 Å². The average molecular weight is 295 g/mol. The summed E-state index contributed by atoms with van der Waals surface area (Å²) in [5.41, 5.74) is 6.66. The Morgan fingerprint density at radius 2 is 2.42 bits per heavy atom. The van der Waals surface area contributed by atoms with Crippen LogP contribution in [-0.4, -0.2) is 44.9 Å². The Labute approximate surface area is 122 Å². The van der Waals surface area contributed by atoms with Gasteiger partial charge in [-0.25, -0.2) is 0 Å². The molecule has 2 rings (SSSR count). The molecule has 0 radical (unpaired) electrons. The van der Waals surface area contributed by atoms with Crippen LogP contribution in [0.1, 0.15) is 29.4 Å². The van der Waals surface area contributed by atoms with Crippen molar-refractivity contribution >= 4 is 34.9 Å². The highest BCUT2D eigenvalue weighted by atomic mass is 32.2. The maximum Gasteiger partial charge on any atom is 0.272 e. The van der Waals surface area contributed by atoms with Gasteiger partial charge in [-0.2, -0.15) is 11.8 Å². The predicted octanol–water partition coefficient (Wildman–Crippen LogP) is 1.68. The van der Waals surface area contributed by atoms with E-state index in [4.69, 9.17) is 18.0 Å². The molecular formula is C13H17N3OS2. The zero-order valence-electron chi connectivity index (χ0n) is 10.8. The van der Waals surface area contributed by atoms with Crippen molar-refractivity contribution in [3.63, 3.8) is 0 Å². The van der Waals surface area contributed by atoms with E-state index in [0.29, 0.717) is 21.5 Å². The summed E-state index contributed by atoms with van der Waals surface area (Å²) in [4.78, 5) is 18.7. The monoisotopic (exact) mass is 295 g/mol. The lowest BCUT2D eigenvalue weighted by Gasteiger charge is -2.31. The molecule has 1 aromatic heterocycles. The fourth-order valence-electron chi connectivity index (χ4n) is 1.98. The van der Waals surface area contributed by atoms with Crippen LogP contribution < -0.4 is 5.73 Å². The van der Waals surface area contributed by atoms with Crippen LogP contribution in [-0.2, 0) is 0 Å². The minimum atomic E-state index is -0.00626. The Morgan fingerprint density at radius 3 is 3.00 bits per heavy atom. The molecule has 1 aliphatic heterocycles. The maximum atomic E-state index is 12.3. The highest BCUT2D eigenvalue weighted by Gasteiger charge is 2.24. The second-order valence-electron chi connectivity index (χ2n) is 4.45. The van der Waals surface area contributed by atoms with Gasteiger partial charge in [-0.15, -0.1) is 0 Å². The molecule has 0 bridgehead atoms. The SMILES string of the molecule is CCC1CN(C(=O)c2ccc(C(N)=S)cn2)CCS1. The first-order valence-corrected chi connectivity index (χ1v) is 7.74. The van der Waals surface area contributed by atoms with E-state index in [9.17, 15) is 4.79 Å². The van der Waals surface area contributed by atoms with Crippen LogP contribution in [0.2, 0.25) is 0 Å². The van der Waals surface area contributed by atoms with E-state index in [1.54, 1.807) is 18.3 Å². The minimum Gasteiger partial charge on any atom is -0.389 e. The lowest BCUT2D eigenvalue weighted by Crippen LogP contribution is -2.42. The molecule has 2 N–H and O–H groups in total. The van der Waals surface area contributed by atoms with E-state index < -0.39 is 0 Å². The summed E-state index contributed by atoms with van der Waals surface area (Å²) in [5.74, 6) is 0.989. The Kier molecular flexibility index (Phi) is 4.76. The number of thioether (sulfide) groups is 1. The molecule has 1 amide bonds. The van der Waals surface area contributed by atoms with Gasteiger partial charge in [0.1, 0.15) is 10.7 Å². The van der Waals surface area contributed by atoms with Crippen molar-refractivity contribution in [1.29, 1.82) is 0 Å². The zero-order valence-corrected chi connectivity index (χ0v) is 12.5. The predicted molar refractivity (Wildman–Crippen MR) is 82.6 cm³/mol. The molecule has 0 saturated carbocycles. The topological polar surface area (TPSA) is 59.2 Å². The average Bonchev–Trinajstić information content (AvgIpc) is 2.46. The Hall–Kier alpha value is -1.14. The largest absolute Gasteiger partial charge is 0.389 e. The second kappa shape index (κ2) is 6.34. The van der Waals surface area contributed by atoms with Gasteiger partial charge in [-0.1, -0.05) is 19.1 Å². The molecule has 6 heteroatoms. The molecule has 2 heterocycles. The van der Waals surface area contributed by atoms with E-state index in [2.05, 4.69) is 11.9 Å². The molecule has 1 unspecified atom stereocenters. The van der Waals surface area contributed by atoms with Gasteiger partial charge in [0.2, 0.25) is 0 Å². The van der Waals surface area contributed by atoms with E-state index >= 15 is 0 Å². The molecule has 1 fully saturated rings. The maximum absolute atomic E-state index is 12.3. The Balaban J connectivity index is 2.08. The summed E-state index contributed by atoms with van der Waals surface area (Å²) in [7, 11) is 0. The van der Waals surface area contributed by atoms with Gasteiger partial charge in [0.15, 0.2) is 0 Å². The number of carbonyl (C=O) groups excluding carboxylic acids is 1. The van der Waals surface area contributed by atoms with Crippen molar-refractivity contribution in [2.45, 2.75) is 18.6 Å². The van der Waals surface area contributed by atoms with E-state index in [1.165, 1.54) is 0 Å². The summed E-state index contributed by atoms with van der Waals surface area (Å²) in [6.45, 7) is 3.75. The number of pyridine rings is 1. The number of rotatable bonds is 3. The first-order valence-electron chi connectivity index (χ1n) is 6.28. The number of thiocarbonyl (C=S) groups is 1. The number of amides is 1. The van der Waals surface area contributed by atoms with E-state index in [1.807, 2.05) is 16.7 Å². The third-order valence-corrected chi connectivity index (χ3v) is 4.76. The first-order chi connectivity index (χ1) is 9.11. The van der Waals surface area contributed by atoms with Crippen LogP contribution in [0.15, 0.2) is 18.3 Å². The molecule has 1 saturated heterocycles. The normalized spacial score (nSPS) is 19.2. The van der Waals surface area contributed by atoms with Crippen LogP contribution in [0.5, 0.6) is 0 Å². The fourth-order valence-corrected chi connectivity index (χ4v) is 3.28. The summed E-state index contributed by atoms with van der Waals surface area (Å²) < 4.78 is 0. The summed E-state index contributed by atoms with van der Waals surface area (Å²) in [5, 5.41) is 0.536. The molecule has 4 nitrogen and oxygen atoms in total. The lowest BCUT2D eigenvalue weighted by molar-refractivity contribution is 0.0755.